The van der Waals surface area contributed by atoms with Crippen LogP contribution >= 0.6 is 0 Å². The summed E-state index contributed by atoms with van der Waals surface area (Å²) in [5, 5.41) is 6.13. The smallest absolute Gasteiger partial charge is 0.224 e. The van der Waals surface area contributed by atoms with Gasteiger partial charge in [-0.1, -0.05) is 13.0 Å². The zero-order valence-corrected chi connectivity index (χ0v) is 12.0. The average Bonchev–Trinajstić information content (AvgIpc) is 2.45. The first-order chi connectivity index (χ1) is 9.11. The summed E-state index contributed by atoms with van der Waals surface area (Å²) in [5.74, 6) is 0.0712. The zero-order chi connectivity index (χ0) is 13.8. The number of benzene rings is 1. The third kappa shape index (κ3) is 3.19. The largest absolute Gasteiger partial charge is 0.385 e. The molecular weight excluding hydrogens is 238 g/mol. The minimum Gasteiger partial charge on any atom is -0.385 e. The molecule has 0 aliphatic carbocycles. The van der Waals surface area contributed by atoms with Crippen LogP contribution in [0.25, 0.3) is 0 Å². The molecule has 1 amide bonds. The molecular formula is C15H23N3O. The topological polar surface area (TPSA) is 44.4 Å². The molecule has 0 fully saturated rings. The van der Waals surface area contributed by atoms with Gasteiger partial charge < -0.3 is 15.5 Å². The van der Waals surface area contributed by atoms with Crippen molar-refractivity contribution in [2.24, 2.45) is 5.92 Å². The fourth-order valence-electron chi connectivity index (χ4n) is 2.53. The third-order valence-electron chi connectivity index (χ3n) is 3.71. The normalized spacial score (nSPS) is 15.1. The van der Waals surface area contributed by atoms with E-state index < -0.39 is 0 Å². The lowest BCUT2D eigenvalue weighted by Crippen LogP contribution is -2.34. The van der Waals surface area contributed by atoms with Crippen LogP contribution in [0, 0.1) is 5.92 Å². The molecule has 0 bridgehead atoms. The van der Waals surface area contributed by atoms with Crippen molar-refractivity contribution in [2.75, 3.05) is 37.4 Å². The summed E-state index contributed by atoms with van der Waals surface area (Å²) < 4.78 is 0. The standard InChI is InChI=1S/C15H23N3O/c1-11(15(19)16-2)10-18(3)13-7-6-12-5-4-8-17-14(12)9-13/h6-7,9,11,17H,4-5,8,10H2,1-3H3,(H,16,19). The van der Waals surface area contributed by atoms with Gasteiger partial charge in [-0.15, -0.1) is 0 Å². The molecule has 0 saturated carbocycles. The Kier molecular flexibility index (Phi) is 4.30. The molecule has 0 spiro atoms. The fourth-order valence-corrected chi connectivity index (χ4v) is 2.53. The lowest BCUT2D eigenvalue weighted by molar-refractivity contribution is -0.123. The molecule has 1 aliphatic rings. The maximum absolute atomic E-state index is 11.6. The van der Waals surface area contributed by atoms with E-state index in [-0.39, 0.29) is 11.8 Å². The van der Waals surface area contributed by atoms with Crippen molar-refractivity contribution < 1.29 is 4.79 Å². The van der Waals surface area contributed by atoms with Gasteiger partial charge in [-0.3, -0.25) is 4.79 Å². The van der Waals surface area contributed by atoms with Crippen LogP contribution in [-0.2, 0) is 11.2 Å². The number of hydrogen-bond donors (Lipinski definition) is 2. The first kappa shape index (κ1) is 13.7. The summed E-state index contributed by atoms with van der Waals surface area (Å²) in [4.78, 5) is 13.7. The summed E-state index contributed by atoms with van der Waals surface area (Å²) in [6.45, 7) is 3.72. The van der Waals surface area contributed by atoms with Crippen LogP contribution in [-0.4, -0.2) is 33.1 Å². The number of aryl methyl sites for hydroxylation is 1. The number of fused-ring (bicyclic) bond motifs is 1. The lowest BCUT2D eigenvalue weighted by Gasteiger charge is -2.25. The van der Waals surface area contributed by atoms with Gasteiger partial charge in [0, 0.05) is 38.6 Å². The Morgan fingerprint density at radius 2 is 2.32 bits per heavy atom. The van der Waals surface area contributed by atoms with Crippen molar-refractivity contribution in [3.05, 3.63) is 23.8 Å². The van der Waals surface area contributed by atoms with Crippen LogP contribution in [0.2, 0.25) is 0 Å². The Labute approximate surface area is 115 Å². The van der Waals surface area contributed by atoms with Gasteiger partial charge in [0.1, 0.15) is 0 Å². The molecule has 1 unspecified atom stereocenters. The molecule has 104 valence electrons. The van der Waals surface area contributed by atoms with E-state index >= 15 is 0 Å². The van der Waals surface area contributed by atoms with E-state index in [1.807, 2.05) is 14.0 Å². The number of anilines is 2. The molecule has 2 N–H and O–H groups in total. The first-order valence-corrected chi connectivity index (χ1v) is 6.91. The van der Waals surface area contributed by atoms with E-state index in [0.29, 0.717) is 0 Å². The Morgan fingerprint density at radius 1 is 1.53 bits per heavy atom. The van der Waals surface area contributed by atoms with Gasteiger partial charge in [0.2, 0.25) is 5.91 Å². The number of amides is 1. The first-order valence-electron chi connectivity index (χ1n) is 6.91. The van der Waals surface area contributed by atoms with Crippen LogP contribution < -0.4 is 15.5 Å². The van der Waals surface area contributed by atoms with E-state index in [2.05, 4.69) is 33.7 Å². The van der Waals surface area contributed by atoms with E-state index in [9.17, 15) is 4.79 Å². The van der Waals surface area contributed by atoms with E-state index in [1.54, 1.807) is 7.05 Å². The van der Waals surface area contributed by atoms with Gasteiger partial charge in [-0.2, -0.15) is 0 Å². The summed E-state index contributed by atoms with van der Waals surface area (Å²) in [6, 6.07) is 6.52. The predicted molar refractivity (Wildman–Crippen MR) is 79.8 cm³/mol. The van der Waals surface area contributed by atoms with E-state index in [1.165, 1.54) is 17.7 Å². The summed E-state index contributed by atoms with van der Waals surface area (Å²) in [6.07, 6.45) is 2.36. The highest BCUT2D eigenvalue weighted by Gasteiger charge is 2.15. The molecule has 19 heavy (non-hydrogen) atoms. The van der Waals surface area contributed by atoms with Crippen LogP contribution in [0.15, 0.2) is 18.2 Å². The molecule has 0 saturated heterocycles. The molecule has 4 heteroatoms. The fraction of sp³-hybridized carbons (Fsp3) is 0.533. The highest BCUT2D eigenvalue weighted by Crippen LogP contribution is 2.27. The van der Waals surface area contributed by atoms with Crippen molar-refractivity contribution in [1.82, 2.24) is 5.32 Å². The molecule has 0 aromatic heterocycles. The molecule has 1 aromatic carbocycles. The number of carbonyl (C=O) groups excluding carboxylic acids is 1. The number of hydrogen-bond acceptors (Lipinski definition) is 3. The summed E-state index contributed by atoms with van der Waals surface area (Å²) in [7, 11) is 3.71. The monoisotopic (exact) mass is 261 g/mol. The second-order valence-corrected chi connectivity index (χ2v) is 5.27. The maximum Gasteiger partial charge on any atom is 0.224 e. The molecule has 1 aromatic rings. The molecule has 4 nitrogen and oxygen atoms in total. The second kappa shape index (κ2) is 5.95. The number of nitrogens with zero attached hydrogens (tertiary/aromatic N) is 1. The zero-order valence-electron chi connectivity index (χ0n) is 12.0. The molecule has 2 rings (SSSR count). The van der Waals surface area contributed by atoms with Crippen molar-refractivity contribution in [3.63, 3.8) is 0 Å². The van der Waals surface area contributed by atoms with Gasteiger partial charge in [0.15, 0.2) is 0 Å². The van der Waals surface area contributed by atoms with Crippen molar-refractivity contribution in [2.45, 2.75) is 19.8 Å². The molecule has 1 atom stereocenters. The van der Waals surface area contributed by atoms with Gasteiger partial charge in [-0.25, -0.2) is 0 Å². The number of carbonyl (C=O) groups is 1. The van der Waals surface area contributed by atoms with Gasteiger partial charge >= 0.3 is 0 Å². The molecule has 0 radical (unpaired) electrons. The number of nitrogens with one attached hydrogen (secondary N) is 2. The van der Waals surface area contributed by atoms with E-state index in [0.717, 1.165) is 25.2 Å². The van der Waals surface area contributed by atoms with Crippen LogP contribution in [0.3, 0.4) is 0 Å². The molecule has 1 aliphatic heterocycles. The predicted octanol–water partition coefficient (Wildman–Crippen LogP) is 1.86. The number of rotatable bonds is 4. The van der Waals surface area contributed by atoms with Crippen LogP contribution in [0.1, 0.15) is 18.9 Å². The van der Waals surface area contributed by atoms with Crippen molar-refractivity contribution in [1.29, 1.82) is 0 Å². The minimum atomic E-state index is -0.0148. The highest BCUT2D eigenvalue weighted by molar-refractivity contribution is 5.78. The minimum absolute atomic E-state index is 0.0148. The Bertz CT molecular complexity index is 459. The highest BCUT2D eigenvalue weighted by atomic mass is 16.1. The average molecular weight is 261 g/mol. The van der Waals surface area contributed by atoms with Crippen molar-refractivity contribution >= 4 is 17.3 Å². The Balaban J connectivity index is 2.07. The second-order valence-electron chi connectivity index (χ2n) is 5.27. The van der Waals surface area contributed by atoms with Gasteiger partial charge in [0.05, 0.1) is 5.92 Å². The summed E-state index contributed by atoms with van der Waals surface area (Å²) in [5.41, 5.74) is 3.79. The van der Waals surface area contributed by atoms with Crippen molar-refractivity contribution in [3.8, 4) is 0 Å². The quantitative estimate of drug-likeness (QED) is 0.869. The van der Waals surface area contributed by atoms with Crippen LogP contribution in [0.4, 0.5) is 11.4 Å². The third-order valence-corrected chi connectivity index (χ3v) is 3.71. The van der Waals surface area contributed by atoms with E-state index in [4.69, 9.17) is 0 Å². The van der Waals surface area contributed by atoms with Gasteiger partial charge in [0.25, 0.3) is 0 Å². The molecule has 1 heterocycles. The maximum atomic E-state index is 11.6. The SMILES string of the molecule is CNC(=O)C(C)CN(C)c1ccc2c(c1)NCCC2. The lowest BCUT2D eigenvalue weighted by atomic mass is 10.0. The summed E-state index contributed by atoms with van der Waals surface area (Å²) >= 11 is 0. The Morgan fingerprint density at radius 3 is 3.05 bits per heavy atom. The van der Waals surface area contributed by atoms with Gasteiger partial charge in [-0.05, 0) is 30.5 Å². The Hall–Kier alpha value is -1.71. The van der Waals surface area contributed by atoms with Crippen LogP contribution in [0.5, 0.6) is 0 Å².